The Bertz CT molecular complexity index is 1860. The second-order valence-corrected chi connectivity index (χ2v) is 13.8. The SMILES string of the molecule is CN1CCN(C(=O)Cn2cc(Nc3nc4c(N5CC6CCC(C5)N6S(=O)(=O)c5ccccc5C(F)(F)F)cccn4n3)cn2)CC1. The van der Waals surface area contributed by atoms with Gasteiger partial charge in [0.15, 0.2) is 5.65 Å². The van der Waals surface area contributed by atoms with E-state index in [-0.39, 0.29) is 12.5 Å². The van der Waals surface area contributed by atoms with Crippen LogP contribution in [0.3, 0.4) is 0 Å². The normalized spacial score (nSPS) is 21.3. The van der Waals surface area contributed by atoms with Crippen LogP contribution in [0.2, 0.25) is 0 Å². The van der Waals surface area contributed by atoms with Crippen LogP contribution in [0, 0.1) is 0 Å². The summed E-state index contributed by atoms with van der Waals surface area (Å²) in [6.45, 7) is 3.78. The minimum Gasteiger partial charge on any atom is -0.365 e. The van der Waals surface area contributed by atoms with Gasteiger partial charge in [0.25, 0.3) is 0 Å². The fourth-order valence-electron chi connectivity index (χ4n) is 6.62. The number of sulfonamides is 1. The standard InChI is InChI=1S/C29H33F3N10O3S/c1-37-11-13-38(14-12-37)26(43)19-40-16-20(15-33-40)34-28-35-27-24(6-4-10-41(27)36-28)39-17-21-8-9-22(18-39)42(21)46(44,45)25-7-3-2-5-23(25)29(30,31)32/h2-7,10,15-16,21-22H,8-9,11-14,17-19H2,1H3,(H,34,36). The molecule has 46 heavy (non-hydrogen) atoms. The average molecular weight is 659 g/mol. The highest BCUT2D eigenvalue weighted by Crippen LogP contribution is 2.41. The molecule has 2 bridgehead atoms. The second-order valence-electron chi connectivity index (χ2n) is 12.0. The minimum atomic E-state index is -4.79. The van der Waals surface area contributed by atoms with Gasteiger partial charge >= 0.3 is 6.18 Å². The van der Waals surface area contributed by atoms with Crippen LogP contribution in [0.1, 0.15) is 18.4 Å². The third-order valence-electron chi connectivity index (χ3n) is 8.89. The van der Waals surface area contributed by atoms with Gasteiger partial charge in [-0.15, -0.1) is 5.10 Å². The smallest absolute Gasteiger partial charge is 0.365 e. The fourth-order valence-corrected chi connectivity index (χ4v) is 8.69. The number of alkyl halides is 3. The number of carbonyl (C=O) groups excluding carboxylic acids is 1. The molecule has 13 nitrogen and oxygen atoms in total. The zero-order chi connectivity index (χ0) is 32.2. The lowest BCUT2D eigenvalue weighted by Crippen LogP contribution is -2.56. The van der Waals surface area contributed by atoms with Gasteiger partial charge in [-0.3, -0.25) is 9.48 Å². The maximum absolute atomic E-state index is 13.7. The lowest BCUT2D eigenvalue weighted by atomic mass is 10.2. The van der Waals surface area contributed by atoms with Gasteiger partial charge < -0.3 is 20.0 Å². The van der Waals surface area contributed by atoms with Gasteiger partial charge in [-0.05, 0) is 44.2 Å². The number of benzene rings is 1. The summed E-state index contributed by atoms with van der Waals surface area (Å²) in [7, 11) is -2.36. The molecule has 0 aliphatic carbocycles. The number of anilines is 3. The number of aromatic nitrogens is 5. The van der Waals surface area contributed by atoms with Crippen LogP contribution in [0.15, 0.2) is 59.9 Å². The van der Waals surface area contributed by atoms with Gasteiger partial charge in [-0.2, -0.15) is 27.6 Å². The predicted molar refractivity (Wildman–Crippen MR) is 162 cm³/mol. The van der Waals surface area contributed by atoms with Gasteiger partial charge in [0, 0.05) is 63.7 Å². The number of carbonyl (C=O) groups is 1. The molecule has 2 atom stereocenters. The number of nitrogens with one attached hydrogen (secondary N) is 1. The van der Waals surface area contributed by atoms with Gasteiger partial charge in [-0.25, -0.2) is 12.9 Å². The molecule has 3 saturated heterocycles. The highest BCUT2D eigenvalue weighted by molar-refractivity contribution is 7.89. The Hall–Kier alpha value is -4.22. The Kier molecular flexibility index (Phi) is 7.64. The van der Waals surface area contributed by atoms with E-state index in [1.165, 1.54) is 16.4 Å². The van der Waals surface area contributed by atoms with Crippen LogP contribution in [-0.4, -0.2) is 111 Å². The highest BCUT2D eigenvalue weighted by atomic mass is 32.2. The predicted octanol–water partition coefficient (Wildman–Crippen LogP) is 2.50. The van der Waals surface area contributed by atoms with E-state index in [2.05, 4.69) is 25.4 Å². The molecule has 0 saturated carbocycles. The summed E-state index contributed by atoms with van der Waals surface area (Å²) in [5.41, 5.74) is 0.735. The summed E-state index contributed by atoms with van der Waals surface area (Å²) in [4.78, 5) is 22.7. The molecule has 0 radical (unpaired) electrons. The van der Waals surface area contributed by atoms with E-state index in [4.69, 9.17) is 0 Å². The van der Waals surface area contributed by atoms with Crippen LogP contribution in [0.25, 0.3) is 5.65 Å². The van der Waals surface area contributed by atoms with E-state index < -0.39 is 38.7 Å². The number of piperazine rings is 2. The molecule has 1 aromatic carbocycles. The highest BCUT2D eigenvalue weighted by Gasteiger charge is 2.49. The van der Waals surface area contributed by atoms with Gasteiger partial charge in [0.05, 0.1) is 28.0 Å². The van der Waals surface area contributed by atoms with E-state index in [0.29, 0.717) is 56.3 Å². The fraction of sp³-hybridized carbons (Fsp3) is 0.448. The van der Waals surface area contributed by atoms with E-state index in [1.807, 2.05) is 29.0 Å². The summed E-state index contributed by atoms with van der Waals surface area (Å²) in [6, 6.07) is 7.05. The van der Waals surface area contributed by atoms with Crippen molar-refractivity contribution < 1.29 is 26.4 Å². The maximum atomic E-state index is 13.7. The molecule has 17 heteroatoms. The molecule has 3 fully saturated rings. The van der Waals surface area contributed by atoms with E-state index in [9.17, 15) is 26.4 Å². The molecular formula is C29H33F3N10O3S. The first-order valence-electron chi connectivity index (χ1n) is 15.0. The van der Waals surface area contributed by atoms with Crippen molar-refractivity contribution in [3.05, 3.63) is 60.6 Å². The largest absolute Gasteiger partial charge is 0.417 e. The van der Waals surface area contributed by atoms with Crippen LogP contribution < -0.4 is 10.2 Å². The molecule has 0 spiro atoms. The van der Waals surface area contributed by atoms with Crippen molar-refractivity contribution in [3.63, 3.8) is 0 Å². The number of hydrogen-bond acceptors (Lipinski definition) is 9. The first-order chi connectivity index (χ1) is 22.0. The van der Waals surface area contributed by atoms with Gasteiger partial charge in [-0.1, -0.05) is 12.1 Å². The molecule has 6 heterocycles. The first kappa shape index (κ1) is 30.4. The third-order valence-corrected chi connectivity index (χ3v) is 11.0. The lowest BCUT2D eigenvalue weighted by Gasteiger charge is -2.41. The minimum absolute atomic E-state index is 0.00433. The first-order valence-corrected chi connectivity index (χ1v) is 16.5. The Morgan fingerprint density at radius 3 is 2.46 bits per heavy atom. The Labute approximate surface area is 263 Å². The Balaban J connectivity index is 1.07. The van der Waals surface area contributed by atoms with Crippen molar-refractivity contribution in [2.45, 2.75) is 42.5 Å². The van der Waals surface area contributed by atoms with Crippen molar-refractivity contribution >= 4 is 38.9 Å². The molecular weight excluding hydrogens is 625 g/mol. The Morgan fingerprint density at radius 1 is 1.02 bits per heavy atom. The zero-order valence-electron chi connectivity index (χ0n) is 25.0. The lowest BCUT2D eigenvalue weighted by molar-refractivity contribution is -0.140. The number of nitrogens with zero attached hydrogens (tertiary/aromatic N) is 9. The van der Waals surface area contributed by atoms with Crippen molar-refractivity contribution in [1.82, 2.24) is 38.5 Å². The molecule has 1 amide bonds. The average Bonchev–Trinajstić information content (AvgIpc) is 3.72. The van der Waals surface area contributed by atoms with Crippen molar-refractivity contribution in [2.75, 3.05) is 56.5 Å². The van der Waals surface area contributed by atoms with Crippen molar-refractivity contribution in [1.29, 1.82) is 0 Å². The van der Waals surface area contributed by atoms with E-state index in [0.717, 1.165) is 30.9 Å². The number of halogens is 3. The molecule has 7 rings (SSSR count). The summed E-state index contributed by atoms with van der Waals surface area (Å²) < 4.78 is 72.9. The molecule has 2 unspecified atom stereocenters. The molecule has 244 valence electrons. The number of amides is 1. The maximum Gasteiger partial charge on any atom is 0.417 e. The van der Waals surface area contributed by atoms with Crippen LogP contribution in [0.5, 0.6) is 0 Å². The molecule has 3 aliphatic rings. The zero-order valence-corrected chi connectivity index (χ0v) is 25.8. The number of fused-ring (bicyclic) bond motifs is 3. The second kappa shape index (κ2) is 11.5. The third kappa shape index (κ3) is 5.66. The molecule has 4 aromatic rings. The number of pyridine rings is 1. The van der Waals surface area contributed by atoms with E-state index in [1.54, 1.807) is 27.8 Å². The van der Waals surface area contributed by atoms with Crippen LogP contribution >= 0.6 is 0 Å². The molecule has 1 N–H and O–H groups in total. The number of likely N-dealkylation sites (N-methyl/N-ethyl adjacent to an activating group) is 1. The summed E-state index contributed by atoms with van der Waals surface area (Å²) in [5.74, 6) is 0.315. The number of hydrogen-bond donors (Lipinski definition) is 1. The van der Waals surface area contributed by atoms with Gasteiger partial charge in [0.1, 0.15) is 6.54 Å². The van der Waals surface area contributed by atoms with Gasteiger partial charge in [0.2, 0.25) is 21.9 Å². The summed E-state index contributed by atoms with van der Waals surface area (Å²) >= 11 is 0. The van der Waals surface area contributed by atoms with Crippen molar-refractivity contribution in [2.24, 2.45) is 0 Å². The molecule has 3 aromatic heterocycles. The quantitative estimate of drug-likeness (QED) is 0.319. The van der Waals surface area contributed by atoms with Crippen LogP contribution in [0.4, 0.5) is 30.5 Å². The Morgan fingerprint density at radius 2 is 1.74 bits per heavy atom. The summed E-state index contributed by atoms with van der Waals surface area (Å²) in [5, 5.41) is 12.0. The molecule has 3 aliphatic heterocycles. The topological polar surface area (TPSA) is 124 Å². The number of rotatable bonds is 7. The monoisotopic (exact) mass is 658 g/mol. The van der Waals surface area contributed by atoms with E-state index >= 15 is 0 Å². The van der Waals surface area contributed by atoms with Crippen LogP contribution in [-0.2, 0) is 27.5 Å². The van der Waals surface area contributed by atoms with Crippen molar-refractivity contribution in [3.8, 4) is 0 Å². The summed E-state index contributed by atoms with van der Waals surface area (Å²) in [6.07, 6.45) is 1.35.